The fourth-order valence-electron chi connectivity index (χ4n) is 2.39. The van der Waals surface area contributed by atoms with Gasteiger partial charge in [-0.15, -0.1) is 0 Å². The SMILES string of the molecule is COc1cc(NCc2cccc(C3CC3)c2)c(Br)cc1Br. The highest BCUT2D eigenvalue weighted by atomic mass is 79.9. The Bertz CT molecular complexity index is 653. The number of nitrogens with one attached hydrogen (secondary N) is 1. The minimum Gasteiger partial charge on any atom is -0.495 e. The second kappa shape index (κ2) is 6.41. The van der Waals surface area contributed by atoms with E-state index < -0.39 is 0 Å². The molecular weight excluding hydrogens is 394 g/mol. The zero-order valence-electron chi connectivity index (χ0n) is 11.8. The van der Waals surface area contributed by atoms with E-state index in [-0.39, 0.29) is 0 Å². The van der Waals surface area contributed by atoms with E-state index >= 15 is 0 Å². The maximum Gasteiger partial charge on any atom is 0.135 e. The van der Waals surface area contributed by atoms with Crippen LogP contribution in [0.1, 0.15) is 29.9 Å². The average Bonchev–Trinajstić information content (AvgIpc) is 3.31. The standard InChI is InChI=1S/C17H17Br2NO/c1-21-17-9-16(14(18)8-15(17)19)20-10-11-3-2-4-13(7-11)12-5-6-12/h2-4,7-9,12,20H,5-6,10H2,1H3. The number of ether oxygens (including phenoxy) is 1. The van der Waals surface area contributed by atoms with Crippen LogP contribution in [-0.2, 0) is 6.54 Å². The Labute approximate surface area is 142 Å². The molecule has 2 aromatic carbocycles. The van der Waals surface area contributed by atoms with Crippen LogP contribution in [-0.4, -0.2) is 7.11 Å². The summed E-state index contributed by atoms with van der Waals surface area (Å²) in [6.45, 7) is 0.809. The molecular formula is C17H17Br2NO. The molecule has 2 aromatic rings. The number of rotatable bonds is 5. The highest BCUT2D eigenvalue weighted by molar-refractivity contribution is 9.11. The lowest BCUT2D eigenvalue weighted by Crippen LogP contribution is -2.01. The van der Waals surface area contributed by atoms with Gasteiger partial charge in [0.15, 0.2) is 0 Å². The Balaban J connectivity index is 1.73. The van der Waals surface area contributed by atoms with Crippen LogP contribution in [0.4, 0.5) is 5.69 Å². The summed E-state index contributed by atoms with van der Waals surface area (Å²) in [5.74, 6) is 1.62. The summed E-state index contributed by atoms with van der Waals surface area (Å²) < 4.78 is 7.31. The molecule has 0 aliphatic heterocycles. The average molecular weight is 411 g/mol. The number of benzene rings is 2. The van der Waals surface area contributed by atoms with Gasteiger partial charge in [-0.3, -0.25) is 0 Å². The number of anilines is 1. The largest absolute Gasteiger partial charge is 0.495 e. The molecule has 1 fully saturated rings. The van der Waals surface area contributed by atoms with Gasteiger partial charge in [0.05, 0.1) is 17.3 Å². The first-order chi connectivity index (χ1) is 10.2. The van der Waals surface area contributed by atoms with Gasteiger partial charge in [0.25, 0.3) is 0 Å². The lowest BCUT2D eigenvalue weighted by Gasteiger charge is -2.12. The minimum atomic E-state index is 0.796. The molecule has 4 heteroatoms. The van der Waals surface area contributed by atoms with E-state index in [0.717, 1.165) is 32.8 Å². The van der Waals surface area contributed by atoms with Gasteiger partial charge in [0.1, 0.15) is 5.75 Å². The van der Waals surface area contributed by atoms with Crippen LogP contribution in [0, 0.1) is 0 Å². The first-order valence-corrected chi connectivity index (χ1v) is 8.61. The molecule has 0 unspecified atom stereocenters. The van der Waals surface area contributed by atoms with Gasteiger partial charge in [0, 0.05) is 17.1 Å². The number of hydrogen-bond acceptors (Lipinski definition) is 2. The molecule has 0 bridgehead atoms. The highest BCUT2D eigenvalue weighted by Crippen LogP contribution is 2.40. The van der Waals surface area contributed by atoms with Gasteiger partial charge in [0.2, 0.25) is 0 Å². The molecule has 0 heterocycles. The predicted molar refractivity (Wildman–Crippen MR) is 94.1 cm³/mol. The van der Waals surface area contributed by atoms with Crippen molar-refractivity contribution in [3.8, 4) is 5.75 Å². The molecule has 0 amide bonds. The predicted octanol–water partition coefficient (Wildman–Crippen LogP) is 5.71. The van der Waals surface area contributed by atoms with E-state index in [1.54, 1.807) is 7.11 Å². The van der Waals surface area contributed by atoms with Crippen molar-refractivity contribution < 1.29 is 4.74 Å². The molecule has 1 aliphatic rings. The molecule has 0 radical (unpaired) electrons. The van der Waals surface area contributed by atoms with Crippen molar-refractivity contribution in [2.75, 3.05) is 12.4 Å². The molecule has 21 heavy (non-hydrogen) atoms. The number of halogens is 2. The minimum absolute atomic E-state index is 0.796. The van der Waals surface area contributed by atoms with Crippen LogP contribution in [0.3, 0.4) is 0 Å². The Kier molecular flexibility index (Phi) is 4.55. The maximum absolute atomic E-state index is 5.34. The fourth-order valence-corrected chi connectivity index (χ4v) is 3.69. The van der Waals surface area contributed by atoms with Crippen LogP contribution >= 0.6 is 31.9 Å². The van der Waals surface area contributed by atoms with Gasteiger partial charge >= 0.3 is 0 Å². The van der Waals surface area contributed by atoms with Gasteiger partial charge in [-0.05, 0) is 67.8 Å². The highest BCUT2D eigenvalue weighted by Gasteiger charge is 2.23. The Morgan fingerprint density at radius 2 is 1.95 bits per heavy atom. The summed E-state index contributed by atoms with van der Waals surface area (Å²) in [6, 6.07) is 12.9. The molecule has 0 spiro atoms. The lowest BCUT2D eigenvalue weighted by atomic mass is 10.1. The zero-order valence-corrected chi connectivity index (χ0v) is 15.0. The normalized spacial score (nSPS) is 14.0. The maximum atomic E-state index is 5.34. The molecule has 0 saturated heterocycles. The molecule has 110 valence electrons. The summed E-state index contributed by atoms with van der Waals surface area (Å²) in [5, 5.41) is 3.47. The van der Waals surface area contributed by atoms with Gasteiger partial charge < -0.3 is 10.1 Å². The van der Waals surface area contributed by atoms with Crippen LogP contribution in [0.2, 0.25) is 0 Å². The Morgan fingerprint density at radius 1 is 1.14 bits per heavy atom. The summed E-state index contributed by atoms with van der Waals surface area (Å²) in [7, 11) is 1.68. The first-order valence-electron chi connectivity index (χ1n) is 7.03. The van der Waals surface area contributed by atoms with E-state index in [2.05, 4.69) is 61.4 Å². The summed E-state index contributed by atoms with van der Waals surface area (Å²) in [4.78, 5) is 0. The smallest absolute Gasteiger partial charge is 0.135 e. The third-order valence-corrected chi connectivity index (χ3v) is 5.00. The monoisotopic (exact) mass is 409 g/mol. The van der Waals surface area contributed by atoms with Crippen molar-refractivity contribution in [1.82, 2.24) is 0 Å². The van der Waals surface area contributed by atoms with E-state index in [1.807, 2.05) is 12.1 Å². The second-order valence-electron chi connectivity index (χ2n) is 5.34. The molecule has 3 rings (SSSR count). The zero-order chi connectivity index (χ0) is 14.8. The lowest BCUT2D eigenvalue weighted by molar-refractivity contribution is 0.412. The van der Waals surface area contributed by atoms with E-state index in [4.69, 9.17) is 4.74 Å². The quantitative estimate of drug-likeness (QED) is 0.681. The van der Waals surface area contributed by atoms with Crippen molar-refractivity contribution in [3.05, 3.63) is 56.5 Å². The van der Waals surface area contributed by atoms with Crippen LogP contribution in [0.5, 0.6) is 5.75 Å². The van der Waals surface area contributed by atoms with Crippen molar-refractivity contribution in [2.24, 2.45) is 0 Å². The molecule has 1 N–H and O–H groups in total. The summed E-state index contributed by atoms with van der Waals surface area (Å²) in [5.41, 5.74) is 3.82. The molecule has 0 aromatic heterocycles. The van der Waals surface area contributed by atoms with Crippen molar-refractivity contribution in [2.45, 2.75) is 25.3 Å². The van der Waals surface area contributed by atoms with Crippen LogP contribution in [0.15, 0.2) is 45.3 Å². The molecule has 0 atom stereocenters. The van der Waals surface area contributed by atoms with E-state index in [9.17, 15) is 0 Å². The summed E-state index contributed by atoms with van der Waals surface area (Å²) >= 11 is 7.07. The van der Waals surface area contributed by atoms with E-state index in [0.29, 0.717) is 0 Å². The Morgan fingerprint density at radius 3 is 2.67 bits per heavy atom. The first kappa shape index (κ1) is 14.9. The molecule has 2 nitrogen and oxygen atoms in total. The number of methoxy groups -OCH3 is 1. The third-order valence-electron chi connectivity index (χ3n) is 3.72. The topological polar surface area (TPSA) is 21.3 Å². The molecule has 1 aliphatic carbocycles. The van der Waals surface area contributed by atoms with Crippen molar-refractivity contribution >= 4 is 37.5 Å². The summed E-state index contributed by atoms with van der Waals surface area (Å²) in [6.07, 6.45) is 2.68. The Hall–Kier alpha value is -1.000. The van der Waals surface area contributed by atoms with Gasteiger partial charge in [-0.25, -0.2) is 0 Å². The van der Waals surface area contributed by atoms with E-state index in [1.165, 1.54) is 24.0 Å². The molecule has 1 saturated carbocycles. The second-order valence-corrected chi connectivity index (χ2v) is 7.05. The van der Waals surface area contributed by atoms with Crippen molar-refractivity contribution in [3.63, 3.8) is 0 Å². The van der Waals surface area contributed by atoms with Crippen LogP contribution < -0.4 is 10.1 Å². The van der Waals surface area contributed by atoms with Crippen LogP contribution in [0.25, 0.3) is 0 Å². The van der Waals surface area contributed by atoms with Gasteiger partial charge in [-0.2, -0.15) is 0 Å². The third kappa shape index (κ3) is 3.61. The number of hydrogen-bond donors (Lipinski definition) is 1. The fraction of sp³-hybridized carbons (Fsp3) is 0.294. The van der Waals surface area contributed by atoms with Gasteiger partial charge in [-0.1, -0.05) is 24.3 Å². The van der Waals surface area contributed by atoms with Crippen molar-refractivity contribution in [1.29, 1.82) is 0 Å².